The van der Waals surface area contributed by atoms with Crippen LogP contribution < -0.4 is 0 Å². The van der Waals surface area contributed by atoms with E-state index in [1.807, 2.05) is 10.9 Å². The number of fused-ring (bicyclic) bond motifs is 1. The Morgan fingerprint density at radius 1 is 1.64 bits per heavy atom. The van der Waals surface area contributed by atoms with E-state index in [4.69, 9.17) is 0 Å². The Labute approximate surface area is 91.5 Å². The molecule has 2 rings (SSSR count). The topological polar surface area (TPSA) is 43.1 Å². The Morgan fingerprint density at radius 2 is 2.50 bits per heavy atom. The summed E-state index contributed by atoms with van der Waals surface area (Å²) in [5, 5.41) is 8.11. The predicted molar refractivity (Wildman–Crippen MR) is 58.7 cm³/mol. The maximum Gasteiger partial charge on any atom is 0.157 e. The van der Waals surface area contributed by atoms with E-state index >= 15 is 0 Å². The first kappa shape index (κ1) is 9.83. The summed E-state index contributed by atoms with van der Waals surface area (Å²) >= 11 is 3.36. The number of aromatic nitrogens is 3. The molecule has 2 heterocycles. The molecule has 1 unspecified atom stereocenters. The molecule has 4 nitrogen and oxygen atoms in total. The fourth-order valence-corrected chi connectivity index (χ4v) is 2.01. The molecule has 1 aromatic rings. The first-order valence-electron chi connectivity index (χ1n) is 4.93. The van der Waals surface area contributed by atoms with Crippen molar-refractivity contribution in [3.63, 3.8) is 0 Å². The van der Waals surface area contributed by atoms with Crippen LogP contribution in [0.4, 0.5) is 0 Å². The monoisotopic (exact) mass is 256 g/mol. The molecular formula is C9H13BrN4. The van der Waals surface area contributed by atoms with Crippen molar-refractivity contribution < 1.29 is 0 Å². The van der Waals surface area contributed by atoms with Crippen LogP contribution in [0.2, 0.25) is 0 Å². The quantitative estimate of drug-likeness (QED) is 0.833. The van der Waals surface area contributed by atoms with Crippen molar-refractivity contribution in [1.29, 1.82) is 0 Å². The highest BCUT2D eigenvalue weighted by molar-refractivity contribution is 9.10. The summed E-state index contributed by atoms with van der Waals surface area (Å²) in [6.45, 7) is 3.03. The summed E-state index contributed by atoms with van der Waals surface area (Å²) in [6, 6.07) is 0.397. The lowest BCUT2D eigenvalue weighted by Crippen LogP contribution is -2.20. The number of hydrogen-bond acceptors (Lipinski definition) is 3. The third-order valence-electron chi connectivity index (χ3n) is 2.45. The van der Waals surface area contributed by atoms with Crippen LogP contribution in [0.5, 0.6) is 0 Å². The van der Waals surface area contributed by atoms with Gasteiger partial charge in [-0.05, 0) is 22.4 Å². The number of halogens is 1. The number of hydrogen-bond donors (Lipinski definition) is 0. The van der Waals surface area contributed by atoms with Gasteiger partial charge in [-0.3, -0.25) is 4.99 Å². The third-order valence-corrected chi connectivity index (χ3v) is 3.02. The molecule has 1 atom stereocenters. The lowest BCUT2D eigenvalue weighted by molar-refractivity contribution is 0.404. The van der Waals surface area contributed by atoms with Gasteiger partial charge in [0.15, 0.2) is 4.60 Å². The van der Waals surface area contributed by atoms with E-state index in [9.17, 15) is 0 Å². The Kier molecular flexibility index (Phi) is 2.96. The van der Waals surface area contributed by atoms with Crippen LogP contribution in [0.3, 0.4) is 0 Å². The van der Waals surface area contributed by atoms with E-state index in [-0.39, 0.29) is 0 Å². The van der Waals surface area contributed by atoms with E-state index in [0.29, 0.717) is 6.04 Å². The molecule has 0 radical (unpaired) electrons. The Balaban J connectivity index is 2.19. The Hall–Kier alpha value is -0.710. The molecule has 1 aromatic heterocycles. The summed E-state index contributed by atoms with van der Waals surface area (Å²) in [6.07, 6.45) is 5.41. The third kappa shape index (κ3) is 1.73. The summed E-state index contributed by atoms with van der Waals surface area (Å²) in [4.78, 5) is 4.33. The molecule has 1 aliphatic rings. The number of aliphatic imine (C=N–C) groups is 1. The van der Waals surface area contributed by atoms with Gasteiger partial charge in [-0.1, -0.05) is 25.0 Å². The van der Waals surface area contributed by atoms with Crippen LogP contribution in [0.1, 0.15) is 37.9 Å². The average molecular weight is 257 g/mol. The van der Waals surface area contributed by atoms with Crippen LogP contribution in [0, 0.1) is 0 Å². The van der Waals surface area contributed by atoms with Crippen molar-refractivity contribution >= 4 is 22.1 Å². The Morgan fingerprint density at radius 3 is 3.29 bits per heavy atom. The second-order valence-corrected chi connectivity index (χ2v) is 4.25. The highest BCUT2D eigenvalue weighted by atomic mass is 79.9. The SMILES string of the molecule is CCCCC1CN=Cc2c(Br)nnn21. The van der Waals surface area contributed by atoms with E-state index in [0.717, 1.165) is 23.3 Å². The van der Waals surface area contributed by atoms with Crippen LogP contribution >= 0.6 is 15.9 Å². The molecule has 0 spiro atoms. The lowest BCUT2D eigenvalue weighted by atomic mass is 10.1. The maximum absolute atomic E-state index is 4.33. The van der Waals surface area contributed by atoms with Crippen molar-refractivity contribution in [2.24, 2.45) is 4.99 Å². The maximum atomic E-state index is 4.33. The largest absolute Gasteiger partial charge is 0.289 e. The minimum Gasteiger partial charge on any atom is -0.289 e. The lowest BCUT2D eigenvalue weighted by Gasteiger charge is -2.18. The molecular weight excluding hydrogens is 244 g/mol. The molecule has 0 amide bonds. The van der Waals surface area contributed by atoms with Gasteiger partial charge >= 0.3 is 0 Å². The van der Waals surface area contributed by atoms with Crippen molar-refractivity contribution in [3.8, 4) is 0 Å². The number of unbranched alkanes of at least 4 members (excludes halogenated alkanes) is 1. The van der Waals surface area contributed by atoms with Gasteiger partial charge in [0.1, 0.15) is 5.69 Å². The van der Waals surface area contributed by atoms with Crippen LogP contribution in [-0.4, -0.2) is 27.8 Å². The fraction of sp³-hybridized carbons (Fsp3) is 0.667. The van der Waals surface area contributed by atoms with Gasteiger partial charge in [0, 0.05) is 6.21 Å². The molecule has 0 bridgehead atoms. The van der Waals surface area contributed by atoms with Crippen LogP contribution in [0.15, 0.2) is 9.60 Å². The Bertz CT molecular complexity index is 345. The second-order valence-electron chi connectivity index (χ2n) is 3.50. The average Bonchev–Trinajstić information content (AvgIpc) is 2.58. The smallest absolute Gasteiger partial charge is 0.157 e. The summed E-state index contributed by atoms with van der Waals surface area (Å²) in [7, 11) is 0. The molecule has 0 saturated heterocycles. The van der Waals surface area contributed by atoms with Gasteiger partial charge in [-0.2, -0.15) is 0 Å². The van der Waals surface area contributed by atoms with Crippen LogP contribution in [-0.2, 0) is 0 Å². The predicted octanol–water partition coefficient (Wildman–Crippen LogP) is 2.20. The van der Waals surface area contributed by atoms with E-state index in [2.05, 4.69) is 38.2 Å². The molecule has 5 heteroatoms. The highest BCUT2D eigenvalue weighted by Gasteiger charge is 2.20. The van der Waals surface area contributed by atoms with Gasteiger partial charge < -0.3 is 0 Å². The molecule has 76 valence electrons. The molecule has 14 heavy (non-hydrogen) atoms. The molecule has 0 aromatic carbocycles. The first-order chi connectivity index (χ1) is 6.83. The molecule has 0 fully saturated rings. The van der Waals surface area contributed by atoms with Crippen molar-refractivity contribution in [3.05, 3.63) is 10.3 Å². The molecule has 0 aliphatic carbocycles. The molecule has 1 aliphatic heterocycles. The zero-order chi connectivity index (χ0) is 9.97. The van der Waals surface area contributed by atoms with Gasteiger partial charge in [-0.25, -0.2) is 4.68 Å². The number of rotatable bonds is 3. The van der Waals surface area contributed by atoms with Crippen LogP contribution in [0.25, 0.3) is 0 Å². The van der Waals surface area contributed by atoms with E-state index in [1.54, 1.807) is 0 Å². The first-order valence-corrected chi connectivity index (χ1v) is 5.72. The zero-order valence-corrected chi connectivity index (χ0v) is 9.74. The normalized spacial score (nSPS) is 19.7. The highest BCUT2D eigenvalue weighted by Crippen LogP contribution is 2.22. The van der Waals surface area contributed by atoms with Crippen molar-refractivity contribution in [2.75, 3.05) is 6.54 Å². The van der Waals surface area contributed by atoms with E-state index < -0.39 is 0 Å². The van der Waals surface area contributed by atoms with Crippen molar-refractivity contribution in [1.82, 2.24) is 15.0 Å². The second kappa shape index (κ2) is 4.21. The molecule has 0 N–H and O–H groups in total. The molecule has 0 saturated carbocycles. The standard InChI is InChI=1S/C9H13BrN4/c1-2-3-4-7-5-11-6-8-9(10)12-13-14(7)8/h6-7H,2-5H2,1H3. The summed E-state index contributed by atoms with van der Waals surface area (Å²) < 4.78 is 2.77. The summed E-state index contributed by atoms with van der Waals surface area (Å²) in [5.41, 5.74) is 0.998. The van der Waals surface area contributed by atoms with Gasteiger partial charge in [0.2, 0.25) is 0 Å². The summed E-state index contributed by atoms with van der Waals surface area (Å²) in [5.74, 6) is 0. The van der Waals surface area contributed by atoms with Gasteiger partial charge in [0.25, 0.3) is 0 Å². The minimum atomic E-state index is 0.397. The van der Waals surface area contributed by atoms with Gasteiger partial charge in [0.05, 0.1) is 12.6 Å². The zero-order valence-electron chi connectivity index (χ0n) is 8.15. The number of nitrogens with zero attached hydrogens (tertiary/aromatic N) is 4. The fourth-order valence-electron chi connectivity index (χ4n) is 1.66. The van der Waals surface area contributed by atoms with Gasteiger partial charge in [-0.15, -0.1) is 5.10 Å². The van der Waals surface area contributed by atoms with Crippen molar-refractivity contribution in [2.45, 2.75) is 32.2 Å². The minimum absolute atomic E-state index is 0.397. The van der Waals surface area contributed by atoms with E-state index in [1.165, 1.54) is 12.8 Å².